The van der Waals surface area contributed by atoms with E-state index in [-0.39, 0.29) is 0 Å². The third-order valence-electron chi connectivity index (χ3n) is 0.904. The lowest BCUT2D eigenvalue weighted by atomic mass is 10.4. The molecular weight excluding hydrogens is 214 g/mol. The summed E-state index contributed by atoms with van der Waals surface area (Å²) >= 11 is 0. The minimum atomic E-state index is -5.85. The van der Waals surface area contributed by atoms with Gasteiger partial charge in [0.25, 0.3) is 0 Å². The Bertz CT molecular complexity index is 225. The second kappa shape index (κ2) is 3.11. The van der Waals surface area contributed by atoms with Crippen LogP contribution >= 0.6 is 0 Å². The fourth-order valence-corrected chi connectivity index (χ4v) is 0.594. The quantitative estimate of drug-likeness (QED) is 0.566. The SMILES string of the molecule is O=[SH](=O)C(F)(F)C(F)(F)C(F)F. The molecule has 0 aliphatic carbocycles. The predicted molar refractivity (Wildman–Crippen MR) is 26.2 cm³/mol. The van der Waals surface area contributed by atoms with E-state index in [2.05, 4.69) is 0 Å². The van der Waals surface area contributed by atoms with Gasteiger partial charge in [0, 0.05) is 0 Å². The lowest BCUT2D eigenvalue weighted by molar-refractivity contribution is -0.223. The molecule has 0 fully saturated rings. The van der Waals surface area contributed by atoms with Gasteiger partial charge in [-0.1, -0.05) is 0 Å². The van der Waals surface area contributed by atoms with E-state index in [0.717, 1.165) is 0 Å². The molecule has 0 saturated heterocycles. The Morgan fingerprint density at radius 2 is 1.33 bits per heavy atom. The molecular formula is C3H2F6O2S. The third-order valence-corrected chi connectivity index (χ3v) is 1.66. The average molecular weight is 216 g/mol. The van der Waals surface area contributed by atoms with Crippen LogP contribution in [0.15, 0.2) is 0 Å². The van der Waals surface area contributed by atoms with Crippen LogP contribution in [-0.2, 0) is 10.7 Å². The second-order valence-corrected chi connectivity index (χ2v) is 2.80. The summed E-state index contributed by atoms with van der Waals surface area (Å²) in [4.78, 5) is 0. The molecule has 9 heteroatoms. The first-order chi connectivity index (χ1) is 5.14. The maximum absolute atomic E-state index is 11.7. The summed E-state index contributed by atoms with van der Waals surface area (Å²) < 4.78 is 88.1. The van der Waals surface area contributed by atoms with Crippen LogP contribution in [0.3, 0.4) is 0 Å². The molecule has 0 atom stereocenters. The highest BCUT2D eigenvalue weighted by Crippen LogP contribution is 2.39. The van der Waals surface area contributed by atoms with Crippen LogP contribution in [0.25, 0.3) is 0 Å². The van der Waals surface area contributed by atoms with Crippen molar-refractivity contribution in [3.63, 3.8) is 0 Å². The first-order valence-electron chi connectivity index (χ1n) is 2.32. The highest BCUT2D eigenvalue weighted by atomic mass is 32.2. The number of hydrogen-bond acceptors (Lipinski definition) is 2. The van der Waals surface area contributed by atoms with Crippen LogP contribution in [0, 0.1) is 0 Å². The van der Waals surface area contributed by atoms with E-state index >= 15 is 0 Å². The van der Waals surface area contributed by atoms with Gasteiger partial charge in [0.05, 0.1) is 0 Å². The topological polar surface area (TPSA) is 34.1 Å². The third kappa shape index (κ3) is 1.65. The standard InChI is InChI=1S/C3H2F6O2S/c4-1(5)2(6,7)3(8,9)12(10)11/h1,12H. The molecule has 0 aromatic heterocycles. The van der Waals surface area contributed by atoms with Gasteiger partial charge in [-0.05, 0) is 0 Å². The van der Waals surface area contributed by atoms with Gasteiger partial charge in [0.1, 0.15) is 0 Å². The molecule has 12 heavy (non-hydrogen) atoms. The van der Waals surface area contributed by atoms with Gasteiger partial charge in [-0.3, -0.25) is 0 Å². The molecule has 0 rings (SSSR count). The number of rotatable bonds is 3. The summed E-state index contributed by atoms with van der Waals surface area (Å²) in [6.07, 6.45) is -4.72. The smallest absolute Gasteiger partial charge is 0.225 e. The van der Waals surface area contributed by atoms with E-state index in [1.807, 2.05) is 0 Å². The van der Waals surface area contributed by atoms with Crippen LogP contribution in [0.1, 0.15) is 0 Å². The first-order valence-corrected chi connectivity index (χ1v) is 3.50. The van der Waals surface area contributed by atoms with E-state index in [1.54, 1.807) is 0 Å². The summed E-state index contributed by atoms with van der Waals surface area (Å²) in [7, 11) is -4.93. The average Bonchev–Trinajstić information content (AvgIpc) is 1.86. The fourth-order valence-electron chi connectivity index (χ4n) is 0.253. The van der Waals surface area contributed by atoms with Gasteiger partial charge in [0.15, 0.2) is 0 Å². The van der Waals surface area contributed by atoms with Crippen molar-refractivity contribution in [2.24, 2.45) is 0 Å². The molecule has 0 amide bonds. The molecule has 0 aliphatic heterocycles. The summed E-state index contributed by atoms with van der Waals surface area (Å²) in [5.41, 5.74) is 0. The minimum absolute atomic E-state index is 4.72. The molecule has 0 N–H and O–H groups in total. The Morgan fingerprint density at radius 1 is 1.00 bits per heavy atom. The largest absolute Gasteiger partial charge is 0.410 e. The van der Waals surface area contributed by atoms with Crippen LogP contribution in [0.4, 0.5) is 26.3 Å². The van der Waals surface area contributed by atoms with Crippen molar-refractivity contribution in [3.05, 3.63) is 0 Å². The molecule has 0 unspecified atom stereocenters. The van der Waals surface area contributed by atoms with Gasteiger partial charge < -0.3 is 0 Å². The Hall–Kier alpha value is -0.470. The van der Waals surface area contributed by atoms with Crippen LogP contribution in [0.2, 0.25) is 0 Å². The Morgan fingerprint density at radius 3 is 1.42 bits per heavy atom. The maximum atomic E-state index is 11.7. The van der Waals surface area contributed by atoms with Crippen molar-refractivity contribution in [1.82, 2.24) is 0 Å². The van der Waals surface area contributed by atoms with Crippen molar-refractivity contribution in [1.29, 1.82) is 0 Å². The highest BCUT2D eigenvalue weighted by molar-refractivity contribution is 7.73. The van der Waals surface area contributed by atoms with E-state index < -0.39 is 28.3 Å². The van der Waals surface area contributed by atoms with E-state index in [9.17, 15) is 34.8 Å². The molecule has 74 valence electrons. The minimum Gasteiger partial charge on any atom is -0.225 e. The zero-order valence-corrected chi connectivity index (χ0v) is 6.00. The highest BCUT2D eigenvalue weighted by Gasteiger charge is 2.65. The van der Waals surface area contributed by atoms with Gasteiger partial charge >= 0.3 is 17.6 Å². The molecule has 0 saturated carbocycles. The monoisotopic (exact) mass is 216 g/mol. The van der Waals surface area contributed by atoms with Crippen molar-refractivity contribution in [2.75, 3.05) is 0 Å². The van der Waals surface area contributed by atoms with Gasteiger partial charge in [-0.2, -0.15) is 17.6 Å². The molecule has 0 aliphatic rings. The Labute approximate surface area is 64.1 Å². The summed E-state index contributed by atoms with van der Waals surface area (Å²) in [6.45, 7) is 0. The second-order valence-electron chi connectivity index (χ2n) is 1.72. The maximum Gasteiger partial charge on any atom is 0.410 e. The Balaban J connectivity index is 5.01. The number of thiol groups is 1. The van der Waals surface area contributed by atoms with Gasteiger partial charge in [-0.15, -0.1) is 0 Å². The zero-order valence-electron chi connectivity index (χ0n) is 5.11. The number of hydrogen-bond donors (Lipinski definition) is 1. The van der Waals surface area contributed by atoms with E-state index in [0.29, 0.717) is 0 Å². The van der Waals surface area contributed by atoms with Crippen molar-refractivity contribution in [3.8, 4) is 0 Å². The van der Waals surface area contributed by atoms with Gasteiger partial charge in [-0.25, -0.2) is 17.2 Å². The number of alkyl halides is 6. The molecule has 0 aromatic carbocycles. The normalized spacial score (nSPS) is 14.3. The molecule has 0 bridgehead atoms. The van der Waals surface area contributed by atoms with Crippen molar-refractivity contribution in [2.45, 2.75) is 17.6 Å². The molecule has 0 heterocycles. The van der Waals surface area contributed by atoms with E-state index in [1.165, 1.54) is 0 Å². The summed E-state index contributed by atoms with van der Waals surface area (Å²) in [5, 5.41) is -5.71. The molecule has 0 aromatic rings. The van der Waals surface area contributed by atoms with Crippen LogP contribution < -0.4 is 0 Å². The fraction of sp³-hybridized carbons (Fsp3) is 1.00. The first kappa shape index (κ1) is 11.5. The lowest BCUT2D eigenvalue weighted by Gasteiger charge is -2.20. The molecule has 2 nitrogen and oxygen atoms in total. The zero-order chi connectivity index (χ0) is 10.2. The predicted octanol–water partition coefficient (Wildman–Crippen LogP) is 1.09. The number of halogens is 6. The molecule has 0 radical (unpaired) electrons. The molecule has 0 spiro atoms. The Kier molecular flexibility index (Phi) is 2.99. The lowest BCUT2D eigenvalue weighted by Crippen LogP contribution is -2.47. The van der Waals surface area contributed by atoms with Gasteiger partial charge in [0.2, 0.25) is 10.7 Å². The summed E-state index contributed by atoms with van der Waals surface area (Å²) in [5.74, 6) is -5.85. The van der Waals surface area contributed by atoms with Crippen LogP contribution in [0.5, 0.6) is 0 Å². The van der Waals surface area contributed by atoms with E-state index in [4.69, 9.17) is 0 Å². The van der Waals surface area contributed by atoms with Crippen molar-refractivity contribution < 1.29 is 34.8 Å². The summed E-state index contributed by atoms with van der Waals surface area (Å²) in [6, 6.07) is 0. The van der Waals surface area contributed by atoms with Crippen molar-refractivity contribution >= 4 is 10.7 Å². The van der Waals surface area contributed by atoms with Crippen LogP contribution in [-0.4, -0.2) is 26.0 Å².